The van der Waals surface area contributed by atoms with Gasteiger partial charge in [-0.15, -0.1) is 0 Å². The Morgan fingerprint density at radius 1 is 0.889 bits per heavy atom. The summed E-state index contributed by atoms with van der Waals surface area (Å²) in [6.45, 7) is 0. The molecular formula is C20H12N2O5. The van der Waals surface area contributed by atoms with Crippen LogP contribution in [0.2, 0.25) is 0 Å². The maximum atomic E-state index is 12.7. The summed E-state index contributed by atoms with van der Waals surface area (Å²) >= 11 is 0. The van der Waals surface area contributed by atoms with Gasteiger partial charge in [0.1, 0.15) is 27.8 Å². The Balaban J connectivity index is 2.13. The third-order valence-corrected chi connectivity index (χ3v) is 4.28. The van der Waals surface area contributed by atoms with Crippen LogP contribution in [0.3, 0.4) is 0 Å². The molecule has 0 amide bonds. The number of fused-ring (bicyclic) bond motifs is 2. The summed E-state index contributed by atoms with van der Waals surface area (Å²) < 4.78 is 0. The number of nitrogens with zero attached hydrogens (tertiary/aromatic N) is 1. The summed E-state index contributed by atoms with van der Waals surface area (Å²) in [5.41, 5.74) is -1.43. The topological polar surface area (TPSA) is 120 Å². The molecule has 7 heteroatoms. The van der Waals surface area contributed by atoms with Gasteiger partial charge in [-0.3, -0.25) is 14.4 Å². The molecule has 27 heavy (non-hydrogen) atoms. The summed E-state index contributed by atoms with van der Waals surface area (Å²) in [7, 11) is 0. The lowest BCUT2D eigenvalue weighted by atomic mass is 9.95. The Labute approximate surface area is 151 Å². The number of hydrogen-bond acceptors (Lipinski definition) is 6. The van der Waals surface area contributed by atoms with Crippen molar-refractivity contribution in [2.75, 3.05) is 0 Å². The molecule has 0 radical (unpaired) electrons. The predicted octanol–water partition coefficient (Wildman–Crippen LogP) is -0.0766. The fourth-order valence-electron chi connectivity index (χ4n) is 2.93. The summed E-state index contributed by atoms with van der Waals surface area (Å²) in [6, 6.07) is 12.4. The first-order valence-electron chi connectivity index (χ1n) is 7.99. The number of aromatic amines is 1. The summed E-state index contributed by atoms with van der Waals surface area (Å²) in [6.07, 6.45) is 1.18. The van der Waals surface area contributed by atoms with Crippen LogP contribution < -0.4 is 21.7 Å². The van der Waals surface area contributed by atoms with Gasteiger partial charge in [-0.25, -0.2) is 4.98 Å². The molecule has 0 bridgehead atoms. The monoisotopic (exact) mass is 360 g/mol. The van der Waals surface area contributed by atoms with Gasteiger partial charge in [0.2, 0.25) is 5.78 Å². The Kier molecular flexibility index (Phi) is 3.70. The molecule has 1 aliphatic rings. The highest BCUT2D eigenvalue weighted by atomic mass is 16.3. The van der Waals surface area contributed by atoms with E-state index in [1.165, 1.54) is 30.3 Å². The van der Waals surface area contributed by atoms with Gasteiger partial charge in [-0.1, -0.05) is 42.5 Å². The average molecular weight is 360 g/mol. The molecule has 2 aromatic carbocycles. The molecule has 0 fully saturated rings. The van der Waals surface area contributed by atoms with Crippen molar-refractivity contribution in [3.63, 3.8) is 0 Å². The van der Waals surface area contributed by atoms with Gasteiger partial charge in [0.05, 0.1) is 0 Å². The highest BCUT2D eigenvalue weighted by molar-refractivity contribution is 6.12. The quantitative estimate of drug-likeness (QED) is 0.558. The second-order valence-electron chi connectivity index (χ2n) is 5.93. The molecule has 7 nitrogen and oxygen atoms in total. The van der Waals surface area contributed by atoms with Crippen LogP contribution in [-0.4, -0.2) is 26.0 Å². The van der Waals surface area contributed by atoms with Gasteiger partial charge in [0, 0.05) is 16.7 Å². The van der Waals surface area contributed by atoms with Crippen LogP contribution >= 0.6 is 0 Å². The molecule has 0 aliphatic heterocycles. The van der Waals surface area contributed by atoms with Gasteiger partial charge in [-0.05, 0) is 12.1 Å². The number of aromatic hydroxyl groups is 1. The highest BCUT2D eigenvalue weighted by Gasteiger charge is 2.25. The van der Waals surface area contributed by atoms with Crippen LogP contribution in [0.15, 0.2) is 58.1 Å². The second-order valence-corrected chi connectivity index (χ2v) is 5.93. The smallest absolute Gasteiger partial charge is 0.283 e. The summed E-state index contributed by atoms with van der Waals surface area (Å²) in [4.78, 5) is 43.9. The summed E-state index contributed by atoms with van der Waals surface area (Å²) in [5.74, 6) is -1.03. The van der Waals surface area contributed by atoms with Gasteiger partial charge in [-0.2, -0.15) is 0 Å². The number of rotatable bonds is 1. The van der Waals surface area contributed by atoms with Crippen molar-refractivity contribution >= 4 is 17.6 Å². The average Bonchev–Trinajstić information content (AvgIpc) is 2.79. The number of aliphatic hydroxyl groups is 1. The molecular weight excluding hydrogens is 348 g/mol. The number of nitrogens with one attached hydrogen (secondary N) is 1. The van der Waals surface area contributed by atoms with Crippen LogP contribution in [0.5, 0.6) is 5.75 Å². The van der Waals surface area contributed by atoms with E-state index in [1.807, 2.05) is 0 Å². The molecule has 132 valence electrons. The van der Waals surface area contributed by atoms with Crippen LogP contribution in [-0.2, 0) is 0 Å². The van der Waals surface area contributed by atoms with E-state index >= 15 is 0 Å². The Hall–Kier alpha value is -4.00. The van der Waals surface area contributed by atoms with Gasteiger partial charge in [0.15, 0.2) is 0 Å². The summed E-state index contributed by atoms with van der Waals surface area (Å²) in [5, 5.41) is 19.8. The zero-order valence-corrected chi connectivity index (χ0v) is 13.8. The molecule has 0 unspecified atom stereocenters. The molecule has 0 spiro atoms. The van der Waals surface area contributed by atoms with E-state index in [0.717, 1.165) is 0 Å². The van der Waals surface area contributed by atoms with Gasteiger partial charge >= 0.3 is 0 Å². The maximum absolute atomic E-state index is 12.7. The zero-order chi connectivity index (χ0) is 19.1. The number of aliphatic hydroxyl groups excluding tert-OH is 1. The van der Waals surface area contributed by atoms with E-state index in [9.17, 15) is 24.6 Å². The minimum Gasteiger partial charge on any atom is -0.507 e. The number of carbonyl (C=O) groups is 1. The maximum Gasteiger partial charge on any atom is 0.283 e. The lowest BCUT2D eigenvalue weighted by molar-refractivity contribution is 0.103. The van der Waals surface area contributed by atoms with Crippen molar-refractivity contribution in [2.45, 2.75) is 0 Å². The third kappa shape index (κ3) is 2.62. The van der Waals surface area contributed by atoms with E-state index in [0.29, 0.717) is 0 Å². The number of para-hydroxylation sites is 1. The normalized spacial score (nSPS) is 13.3. The fraction of sp³-hybridized carbons (Fsp3) is 0. The lowest BCUT2D eigenvalue weighted by Crippen LogP contribution is -2.39. The first-order valence-corrected chi connectivity index (χ1v) is 7.99. The number of phenolic OH excluding ortho intramolecular Hbond substituents is 1. The molecule has 1 heterocycles. The second kappa shape index (κ2) is 6.06. The van der Waals surface area contributed by atoms with Crippen molar-refractivity contribution < 1.29 is 15.0 Å². The SMILES string of the molecule is O=C1c2ccccc2C(O)=c2[nH]c(=O)c(=Cc3ccccc3O)c(=O)nc21. The minimum absolute atomic E-state index is 0.120. The molecule has 3 aromatic rings. The minimum atomic E-state index is -0.943. The number of benzene rings is 2. The standard InChI is InChI=1S/C20H12N2O5/c23-14-8-4-1-5-10(14)9-13-19(26)21-15-16(22-20(13)27)18(25)12-7-3-2-6-11(12)17(15)24/h1-9,23-24H,(H,21,26). The van der Waals surface area contributed by atoms with E-state index in [2.05, 4.69) is 9.97 Å². The van der Waals surface area contributed by atoms with Crippen molar-refractivity contribution in [2.24, 2.45) is 0 Å². The first-order chi connectivity index (χ1) is 13.0. The van der Waals surface area contributed by atoms with Crippen molar-refractivity contribution in [3.8, 4) is 5.75 Å². The number of aromatic nitrogens is 2. The number of phenols is 1. The number of H-pyrrole nitrogens is 1. The van der Waals surface area contributed by atoms with Crippen LogP contribution in [0.1, 0.15) is 27.2 Å². The van der Waals surface area contributed by atoms with E-state index in [-0.39, 0.29) is 44.5 Å². The lowest BCUT2D eigenvalue weighted by Gasteiger charge is -2.12. The fourth-order valence-corrected chi connectivity index (χ4v) is 2.93. The zero-order valence-electron chi connectivity index (χ0n) is 13.8. The van der Waals surface area contributed by atoms with E-state index in [1.54, 1.807) is 24.3 Å². The van der Waals surface area contributed by atoms with Crippen LogP contribution in [0.4, 0.5) is 0 Å². The Morgan fingerprint density at radius 2 is 1.56 bits per heavy atom. The predicted molar refractivity (Wildman–Crippen MR) is 97.1 cm³/mol. The highest BCUT2D eigenvalue weighted by Crippen LogP contribution is 2.20. The molecule has 4 rings (SSSR count). The van der Waals surface area contributed by atoms with E-state index in [4.69, 9.17) is 0 Å². The molecule has 0 atom stereocenters. The first kappa shape index (κ1) is 16.5. The Morgan fingerprint density at radius 3 is 2.30 bits per heavy atom. The van der Waals surface area contributed by atoms with Gasteiger partial charge < -0.3 is 15.2 Å². The largest absolute Gasteiger partial charge is 0.507 e. The molecule has 3 N–H and O–H groups in total. The molecule has 0 saturated carbocycles. The van der Waals surface area contributed by atoms with Gasteiger partial charge in [0.25, 0.3) is 11.1 Å². The number of carbonyl (C=O) groups excluding carboxylic acids is 1. The molecule has 1 aromatic heterocycles. The van der Waals surface area contributed by atoms with Crippen molar-refractivity contribution in [1.82, 2.24) is 9.97 Å². The van der Waals surface area contributed by atoms with E-state index < -0.39 is 16.9 Å². The molecule has 1 aliphatic carbocycles. The number of hydrogen-bond donors (Lipinski definition) is 3. The van der Waals surface area contributed by atoms with Crippen molar-refractivity contribution in [1.29, 1.82) is 0 Å². The van der Waals surface area contributed by atoms with Crippen molar-refractivity contribution in [3.05, 3.63) is 102 Å². The number of ketones is 1. The molecule has 0 saturated heterocycles. The Bertz CT molecular complexity index is 1360. The van der Waals surface area contributed by atoms with Crippen LogP contribution in [0, 0.1) is 0 Å². The third-order valence-electron chi connectivity index (χ3n) is 4.28. The van der Waals surface area contributed by atoms with Crippen LogP contribution in [0.25, 0.3) is 11.8 Å².